The molecule has 0 aliphatic carbocycles. The van der Waals surface area contributed by atoms with Crippen LogP contribution in [-0.4, -0.2) is 29.7 Å². The first kappa shape index (κ1) is 12.7. The van der Waals surface area contributed by atoms with Gasteiger partial charge in [-0.25, -0.2) is 13.4 Å². The molecule has 88 valence electrons. The fourth-order valence-corrected chi connectivity index (χ4v) is 1.82. The highest BCUT2D eigenvalue weighted by Crippen LogP contribution is 2.13. The number of carboxylic acid groups (broad SMARTS) is 1. The lowest BCUT2D eigenvalue weighted by atomic mass is 10.4. The Kier molecular flexibility index (Phi) is 3.71. The van der Waals surface area contributed by atoms with E-state index in [1.165, 1.54) is 18.3 Å². The number of carbonyl (C=O) groups is 1. The van der Waals surface area contributed by atoms with E-state index in [4.69, 9.17) is 16.7 Å². The predicted octanol–water partition coefficient (Wildman–Crippen LogP) is 0.950. The van der Waals surface area contributed by atoms with E-state index in [1.54, 1.807) is 0 Å². The van der Waals surface area contributed by atoms with Crippen molar-refractivity contribution >= 4 is 33.3 Å². The maximum Gasteiger partial charge on any atom is 0.323 e. The molecule has 1 atom stereocenters. The van der Waals surface area contributed by atoms with Gasteiger partial charge in [-0.3, -0.25) is 9.52 Å². The van der Waals surface area contributed by atoms with Gasteiger partial charge in [-0.1, -0.05) is 11.6 Å². The molecule has 0 saturated heterocycles. The van der Waals surface area contributed by atoms with E-state index >= 15 is 0 Å². The number of anilines is 1. The number of sulfonamides is 1. The van der Waals surface area contributed by atoms with Crippen molar-refractivity contribution in [3.05, 3.63) is 23.5 Å². The average Bonchev–Trinajstić information content (AvgIpc) is 2.20. The highest BCUT2D eigenvalue weighted by molar-refractivity contribution is 7.94. The topological polar surface area (TPSA) is 96.4 Å². The molecule has 0 amide bonds. The molecule has 0 aliphatic heterocycles. The van der Waals surface area contributed by atoms with Gasteiger partial charge in [-0.2, -0.15) is 0 Å². The zero-order chi connectivity index (χ0) is 12.3. The molecular weight excluding hydrogens is 256 g/mol. The largest absolute Gasteiger partial charge is 0.480 e. The normalized spacial score (nSPS) is 13.1. The van der Waals surface area contributed by atoms with Crippen LogP contribution < -0.4 is 4.72 Å². The predicted molar refractivity (Wildman–Crippen MR) is 58.9 cm³/mol. The van der Waals surface area contributed by atoms with E-state index in [1.807, 2.05) is 0 Å². The van der Waals surface area contributed by atoms with Crippen molar-refractivity contribution < 1.29 is 18.3 Å². The van der Waals surface area contributed by atoms with E-state index in [-0.39, 0.29) is 10.8 Å². The summed E-state index contributed by atoms with van der Waals surface area (Å²) in [6, 6.07) is 2.78. The van der Waals surface area contributed by atoms with Crippen LogP contribution in [0.4, 0.5) is 5.69 Å². The van der Waals surface area contributed by atoms with Gasteiger partial charge in [0, 0.05) is 0 Å². The molecule has 0 saturated carbocycles. The first-order valence-electron chi connectivity index (χ1n) is 4.19. The smallest absolute Gasteiger partial charge is 0.323 e. The van der Waals surface area contributed by atoms with Crippen LogP contribution in [0.1, 0.15) is 6.92 Å². The number of aliphatic carboxylic acids is 1. The summed E-state index contributed by atoms with van der Waals surface area (Å²) in [5.74, 6) is -1.42. The average molecular weight is 265 g/mol. The van der Waals surface area contributed by atoms with Crippen molar-refractivity contribution in [3.8, 4) is 0 Å². The van der Waals surface area contributed by atoms with Gasteiger partial charge in [-0.05, 0) is 19.1 Å². The minimum absolute atomic E-state index is 0.164. The molecule has 8 heteroatoms. The number of carboxylic acids is 1. The highest BCUT2D eigenvalue weighted by atomic mass is 35.5. The van der Waals surface area contributed by atoms with E-state index in [0.717, 1.165) is 6.92 Å². The maximum atomic E-state index is 11.5. The lowest BCUT2D eigenvalue weighted by Crippen LogP contribution is -2.32. The van der Waals surface area contributed by atoms with Gasteiger partial charge in [0.05, 0.1) is 11.9 Å². The number of pyridine rings is 1. The van der Waals surface area contributed by atoms with Gasteiger partial charge in [-0.15, -0.1) is 0 Å². The fourth-order valence-electron chi connectivity index (χ4n) is 0.822. The number of nitrogens with one attached hydrogen (secondary N) is 1. The molecule has 1 rings (SSSR count). The number of halogens is 1. The van der Waals surface area contributed by atoms with Gasteiger partial charge >= 0.3 is 5.97 Å². The van der Waals surface area contributed by atoms with Gasteiger partial charge in [0.1, 0.15) is 5.15 Å². The molecule has 0 aromatic carbocycles. The minimum Gasteiger partial charge on any atom is -0.480 e. The molecule has 0 bridgehead atoms. The molecule has 0 fully saturated rings. The number of nitrogens with zero attached hydrogens (tertiary/aromatic N) is 1. The molecule has 1 unspecified atom stereocenters. The quantitative estimate of drug-likeness (QED) is 0.789. The summed E-state index contributed by atoms with van der Waals surface area (Å²) < 4.78 is 25.0. The number of aromatic nitrogens is 1. The van der Waals surface area contributed by atoms with Crippen LogP contribution in [0.25, 0.3) is 0 Å². The summed E-state index contributed by atoms with van der Waals surface area (Å²) in [7, 11) is -3.96. The van der Waals surface area contributed by atoms with Crippen LogP contribution in [-0.2, 0) is 14.8 Å². The van der Waals surface area contributed by atoms with Gasteiger partial charge in [0.25, 0.3) is 0 Å². The van der Waals surface area contributed by atoms with Gasteiger partial charge in [0.15, 0.2) is 5.25 Å². The van der Waals surface area contributed by atoms with E-state index in [0.29, 0.717) is 0 Å². The molecule has 6 nitrogen and oxygen atoms in total. The molecule has 16 heavy (non-hydrogen) atoms. The van der Waals surface area contributed by atoms with Crippen molar-refractivity contribution in [1.82, 2.24) is 4.98 Å². The molecule has 2 N–H and O–H groups in total. The molecule has 0 aliphatic rings. The Morgan fingerprint density at radius 2 is 2.19 bits per heavy atom. The second-order valence-electron chi connectivity index (χ2n) is 3.00. The van der Waals surface area contributed by atoms with Crippen molar-refractivity contribution in [2.45, 2.75) is 12.2 Å². The summed E-state index contributed by atoms with van der Waals surface area (Å²) in [6.07, 6.45) is 1.20. The SMILES string of the molecule is CC(C(=O)O)S(=O)(=O)Nc1ccc(Cl)nc1. The van der Waals surface area contributed by atoms with Crippen LogP contribution in [0, 0.1) is 0 Å². The summed E-state index contributed by atoms with van der Waals surface area (Å²) in [4.78, 5) is 14.2. The van der Waals surface area contributed by atoms with E-state index in [9.17, 15) is 13.2 Å². The Morgan fingerprint density at radius 1 is 1.56 bits per heavy atom. The first-order valence-corrected chi connectivity index (χ1v) is 6.11. The third kappa shape index (κ3) is 3.07. The number of hydrogen-bond acceptors (Lipinski definition) is 4. The minimum atomic E-state index is -3.96. The molecule has 1 heterocycles. The molecule has 0 spiro atoms. The highest BCUT2D eigenvalue weighted by Gasteiger charge is 2.27. The number of rotatable bonds is 4. The molecule has 1 aromatic heterocycles. The van der Waals surface area contributed by atoms with Crippen molar-refractivity contribution in [1.29, 1.82) is 0 Å². The van der Waals surface area contributed by atoms with Crippen LogP contribution in [0.5, 0.6) is 0 Å². The molecule has 1 aromatic rings. The van der Waals surface area contributed by atoms with E-state index in [2.05, 4.69) is 9.71 Å². The van der Waals surface area contributed by atoms with Gasteiger partial charge < -0.3 is 5.11 Å². The number of hydrogen-bond donors (Lipinski definition) is 2. The Morgan fingerprint density at radius 3 is 2.62 bits per heavy atom. The lowest BCUT2D eigenvalue weighted by molar-refractivity contribution is -0.136. The van der Waals surface area contributed by atoms with Crippen molar-refractivity contribution in [2.75, 3.05) is 4.72 Å². The summed E-state index contributed by atoms with van der Waals surface area (Å²) in [6.45, 7) is 1.08. The Bertz CT molecular complexity index is 485. The third-order valence-corrected chi connectivity index (χ3v) is 3.68. The Hall–Kier alpha value is -1.34. The Balaban J connectivity index is 2.89. The fraction of sp³-hybridized carbons (Fsp3) is 0.250. The van der Waals surface area contributed by atoms with E-state index < -0.39 is 21.2 Å². The van der Waals surface area contributed by atoms with Crippen LogP contribution >= 0.6 is 11.6 Å². The Labute approximate surface area is 97.3 Å². The summed E-state index contributed by atoms with van der Waals surface area (Å²) in [5, 5.41) is 7.26. The van der Waals surface area contributed by atoms with Crippen molar-refractivity contribution in [3.63, 3.8) is 0 Å². The maximum absolute atomic E-state index is 11.5. The van der Waals surface area contributed by atoms with Crippen molar-refractivity contribution in [2.24, 2.45) is 0 Å². The monoisotopic (exact) mass is 264 g/mol. The van der Waals surface area contributed by atoms with Crippen LogP contribution in [0.3, 0.4) is 0 Å². The second kappa shape index (κ2) is 4.67. The zero-order valence-corrected chi connectivity index (χ0v) is 9.79. The van der Waals surface area contributed by atoms with Gasteiger partial charge in [0.2, 0.25) is 10.0 Å². The summed E-state index contributed by atoms with van der Waals surface area (Å²) in [5.41, 5.74) is 0.164. The summed E-state index contributed by atoms with van der Waals surface area (Å²) >= 11 is 5.51. The molecule has 0 radical (unpaired) electrons. The lowest BCUT2D eigenvalue weighted by Gasteiger charge is -2.10. The third-order valence-electron chi connectivity index (χ3n) is 1.80. The zero-order valence-electron chi connectivity index (χ0n) is 8.21. The van der Waals surface area contributed by atoms with Crippen LogP contribution in [0.2, 0.25) is 5.15 Å². The molecular formula is C8H9ClN2O4S. The first-order chi connectivity index (χ1) is 7.33. The standard InChI is InChI=1S/C8H9ClN2O4S/c1-5(8(12)13)16(14,15)11-6-2-3-7(9)10-4-6/h2-5,11H,1H3,(H,12,13). The van der Waals surface area contributed by atoms with Crippen LogP contribution in [0.15, 0.2) is 18.3 Å². The second-order valence-corrected chi connectivity index (χ2v) is 5.39.